The van der Waals surface area contributed by atoms with Gasteiger partial charge in [-0.3, -0.25) is 0 Å². The average Bonchev–Trinajstić information content (AvgIpc) is 2.34. The predicted molar refractivity (Wildman–Crippen MR) is 83.6 cm³/mol. The van der Waals surface area contributed by atoms with Gasteiger partial charge in [-0.25, -0.2) is 4.98 Å². The van der Waals surface area contributed by atoms with Gasteiger partial charge < -0.3 is 15.8 Å². The van der Waals surface area contributed by atoms with Gasteiger partial charge in [0.05, 0.1) is 5.56 Å². The van der Waals surface area contributed by atoms with Gasteiger partial charge >= 0.3 is 0 Å². The number of aromatic nitrogens is 1. The van der Waals surface area contributed by atoms with E-state index in [0.29, 0.717) is 4.99 Å². The second kappa shape index (κ2) is 6.82. The molecule has 0 saturated carbocycles. The molecule has 0 bridgehead atoms. The highest BCUT2D eigenvalue weighted by Gasteiger charge is 2.18. The normalized spacial score (nSPS) is 11.4. The summed E-state index contributed by atoms with van der Waals surface area (Å²) in [5.41, 5.74) is 7.57. The summed E-state index contributed by atoms with van der Waals surface area (Å²) < 4.78 is 5.13. The zero-order valence-corrected chi connectivity index (χ0v) is 12.9. The zero-order chi connectivity index (χ0) is 14.5. The van der Waals surface area contributed by atoms with E-state index in [0.717, 1.165) is 36.6 Å². The fraction of sp³-hybridized carbons (Fsp3) is 0.571. The van der Waals surface area contributed by atoms with E-state index in [1.807, 2.05) is 19.1 Å². The molecule has 19 heavy (non-hydrogen) atoms. The largest absolute Gasteiger partial charge is 0.389 e. The van der Waals surface area contributed by atoms with Crippen LogP contribution in [0.5, 0.6) is 0 Å². The lowest BCUT2D eigenvalue weighted by molar-refractivity contribution is 0.157. The van der Waals surface area contributed by atoms with Crippen LogP contribution in [0, 0.1) is 12.3 Å². The molecule has 1 aromatic heterocycles. The standard InChI is InChI=1S/C14H23N3OS/c1-10-5-6-11(12(15)19)13(17-10)16-9-14(2,3)7-8-18-4/h5-6H,7-9H2,1-4H3,(H2,15,19)(H,16,17). The van der Waals surface area contributed by atoms with Crippen LogP contribution < -0.4 is 11.1 Å². The van der Waals surface area contributed by atoms with Crippen molar-refractivity contribution in [1.29, 1.82) is 0 Å². The highest BCUT2D eigenvalue weighted by Crippen LogP contribution is 2.22. The lowest BCUT2D eigenvalue weighted by Gasteiger charge is -2.25. The van der Waals surface area contributed by atoms with Crippen LogP contribution in [0.1, 0.15) is 31.5 Å². The number of nitrogens with one attached hydrogen (secondary N) is 1. The molecule has 0 spiro atoms. The molecular formula is C14H23N3OS. The molecule has 0 amide bonds. The van der Waals surface area contributed by atoms with Crippen molar-refractivity contribution in [3.05, 3.63) is 23.4 Å². The Morgan fingerprint density at radius 2 is 2.16 bits per heavy atom. The molecule has 0 unspecified atom stereocenters. The Kier molecular flexibility index (Phi) is 5.69. The third kappa shape index (κ3) is 5.12. The minimum absolute atomic E-state index is 0.120. The Balaban J connectivity index is 2.76. The quantitative estimate of drug-likeness (QED) is 0.752. The molecule has 0 fully saturated rings. The minimum atomic E-state index is 0.120. The fourth-order valence-electron chi connectivity index (χ4n) is 1.68. The number of pyridine rings is 1. The molecule has 1 heterocycles. The van der Waals surface area contributed by atoms with E-state index in [4.69, 9.17) is 22.7 Å². The number of ether oxygens (including phenoxy) is 1. The van der Waals surface area contributed by atoms with Gasteiger partial charge in [-0.15, -0.1) is 0 Å². The minimum Gasteiger partial charge on any atom is -0.389 e. The van der Waals surface area contributed by atoms with Crippen LogP contribution >= 0.6 is 12.2 Å². The van der Waals surface area contributed by atoms with Crippen molar-refractivity contribution in [2.45, 2.75) is 27.2 Å². The highest BCUT2D eigenvalue weighted by molar-refractivity contribution is 7.80. The maximum Gasteiger partial charge on any atom is 0.136 e. The summed E-state index contributed by atoms with van der Waals surface area (Å²) in [6.45, 7) is 7.87. The molecule has 0 aliphatic carbocycles. The fourth-order valence-corrected chi connectivity index (χ4v) is 1.84. The van der Waals surface area contributed by atoms with Crippen LogP contribution in [0.2, 0.25) is 0 Å². The summed E-state index contributed by atoms with van der Waals surface area (Å²) in [6.07, 6.45) is 0.977. The van der Waals surface area contributed by atoms with Crippen molar-refractivity contribution in [1.82, 2.24) is 4.98 Å². The van der Waals surface area contributed by atoms with Crippen molar-refractivity contribution >= 4 is 23.0 Å². The summed E-state index contributed by atoms with van der Waals surface area (Å²) >= 11 is 5.05. The van der Waals surface area contributed by atoms with Crippen LogP contribution in [0.15, 0.2) is 12.1 Å². The summed E-state index contributed by atoms with van der Waals surface area (Å²) in [6, 6.07) is 3.82. The molecule has 1 rings (SSSR count). The van der Waals surface area contributed by atoms with Crippen molar-refractivity contribution in [3.63, 3.8) is 0 Å². The van der Waals surface area contributed by atoms with Crippen LogP contribution in [0.3, 0.4) is 0 Å². The average molecular weight is 281 g/mol. The van der Waals surface area contributed by atoms with Crippen LogP contribution in [0.4, 0.5) is 5.82 Å². The Morgan fingerprint density at radius 1 is 1.47 bits per heavy atom. The van der Waals surface area contributed by atoms with Gasteiger partial charge in [-0.05, 0) is 30.9 Å². The van der Waals surface area contributed by atoms with E-state index in [-0.39, 0.29) is 5.41 Å². The van der Waals surface area contributed by atoms with Gasteiger partial charge in [0.25, 0.3) is 0 Å². The van der Waals surface area contributed by atoms with Gasteiger partial charge in [0, 0.05) is 26.0 Å². The maximum absolute atomic E-state index is 5.72. The molecule has 3 N–H and O–H groups in total. The molecule has 0 aliphatic rings. The van der Waals surface area contributed by atoms with E-state index in [2.05, 4.69) is 24.1 Å². The van der Waals surface area contributed by atoms with Crippen molar-refractivity contribution in [2.24, 2.45) is 11.1 Å². The molecule has 0 radical (unpaired) electrons. The number of thiocarbonyl (C=S) groups is 1. The number of anilines is 1. The number of hydrogen-bond donors (Lipinski definition) is 2. The Labute approximate surface area is 120 Å². The first-order valence-corrected chi connectivity index (χ1v) is 6.77. The number of aryl methyl sites for hydroxylation is 1. The summed E-state index contributed by atoms with van der Waals surface area (Å²) in [7, 11) is 1.72. The first-order chi connectivity index (χ1) is 8.85. The second-order valence-corrected chi connectivity index (χ2v) is 5.91. The molecule has 5 heteroatoms. The first-order valence-electron chi connectivity index (χ1n) is 6.36. The number of hydrogen-bond acceptors (Lipinski definition) is 4. The molecule has 0 saturated heterocycles. The smallest absolute Gasteiger partial charge is 0.136 e. The van der Waals surface area contributed by atoms with Crippen molar-refractivity contribution in [2.75, 3.05) is 25.6 Å². The number of rotatable bonds is 7. The third-order valence-electron chi connectivity index (χ3n) is 3.02. The SMILES string of the molecule is COCCC(C)(C)CNc1nc(C)ccc1C(N)=S. The van der Waals surface area contributed by atoms with Gasteiger partial charge in [0.15, 0.2) is 0 Å². The monoisotopic (exact) mass is 281 g/mol. The lowest BCUT2D eigenvalue weighted by atomic mass is 9.89. The van der Waals surface area contributed by atoms with Crippen LogP contribution in [-0.4, -0.2) is 30.2 Å². The van der Waals surface area contributed by atoms with Crippen molar-refractivity contribution in [3.8, 4) is 0 Å². The summed E-state index contributed by atoms with van der Waals surface area (Å²) in [5, 5.41) is 3.35. The Bertz CT molecular complexity index is 446. The highest BCUT2D eigenvalue weighted by atomic mass is 32.1. The lowest BCUT2D eigenvalue weighted by Crippen LogP contribution is -2.26. The van der Waals surface area contributed by atoms with Gasteiger partial charge in [0.2, 0.25) is 0 Å². The van der Waals surface area contributed by atoms with Crippen molar-refractivity contribution < 1.29 is 4.74 Å². The van der Waals surface area contributed by atoms with E-state index >= 15 is 0 Å². The molecule has 106 valence electrons. The molecule has 4 nitrogen and oxygen atoms in total. The third-order valence-corrected chi connectivity index (χ3v) is 3.24. The number of nitrogens with two attached hydrogens (primary N) is 1. The maximum atomic E-state index is 5.72. The Hall–Kier alpha value is -1.20. The molecular weight excluding hydrogens is 258 g/mol. The van der Waals surface area contributed by atoms with Gasteiger partial charge in [-0.2, -0.15) is 0 Å². The molecule has 0 aliphatic heterocycles. The van der Waals surface area contributed by atoms with E-state index in [9.17, 15) is 0 Å². The van der Waals surface area contributed by atoms with E-state index in [1.54, 1.807) is 7.11 Å². The molecule has 0 aromatic carbocycles. The Morgan fingerprint density at radius 3 is 2.74 bits per heavy atom. The molecule has 0 atom stereocenters. The van der Waals surface area contributed by atoms with Gasteiger partial charge in [0.1, 0.15) is 10.8 Å². The van der Waals surface area contributed by atoms with Crippen LogP contribution in [-0.2, 0) is 4.74 Å². The van der Waals surface area contributed by atoms with E-state index in [1.165, 1.54) is 0 Å². The van der Waals surface area contributed by atoms with E-state index < -0.39 is 0 Å². The zero-order valence-electron chi connectivity index (χ0n) is 12.1. The second-order valence-electron chi connectivity index (χ2n) is 5.47. The predicted octanol–water partition coefficient (Wildman–Crippen LogP) is 2.50. The topological polar surface area (TPSA) is 60.2 Å². The molecule has 1 aromatic rings. The summed E-state index contributed by atoms with van der Waals surface area (Å²) in [4.78, 5) is 4.83. The number of nitrogens with zero attached hydrogens (tertiary/aromatic N) is 1. The van der Waals surface area contributed by atoms with Gasteiger partial charge in [-0.1, -0.05) is 26.1 Å². The first kappa shape index (κ1) is 15.9. The van der Waals surface area contributed by atoms with Crippen LogP contribution in [0.25, 0.3) is 0 Å². The number of methoxy groups -OCH3 is 1. The summed E-state index contributed by atoms with van der Waals surface area (Å²) in [5.74, 6) is 0.762.